The van der Waals surface area contributed by atoms with E-state index in [0.29, 0.717) is 6.54 Å². The fraction of sp³-hybridized carbons (Fsp3) is 0.444. The van der Waals surface area contributed by atoms with Gasteiger partial charge >= 0.3 is 5.69 Å². The van der Waals surface area contributed by atoms with Crippen LogP contribution < -0.4 is 20.7 Å². The normalized spacial score (nSPS) is 19.5. The minimum absolute atomic E-state index is 0.244. The number of nitrogens with zero attached hydrogens (tertiary/aromatic N) is 3. The highest BCUT2D eigenvalue weighted by molar-refractivity contribution is 5.45. The molecule has 1 aromatic carbocycles. The molecule has 7 heteroatoms. The average Bonchev–Trinajstić information content (AvgIpc) is 3.26. The van der Waals surface area contributed by atoms with Crippen molar-refractivity contribution in [2.75, 3.05) is 13.3 Å². The molecule has 0 unspecified atom stereocenters. The maximum Gasteiger partial charge on any atom is 0.330 e. The molecule has 0 spiro atoms. The predicted molar refractivity (Wildman–Crippen MR) is 91.9 cm³/mol. The van der Waals surface area contributed by atoms with Gasteiger partial charge in [0.05, 0.1) is 0 Å². The lowest BCUT2D eigenvalue weighted by molar-refractivity contribution is 0.173. The summed E-state index contributed by atoms with van der Waals surface area (Å²) in [4.78, 5) is 26.4. The van der Waals surface area contributed by atoms with E-state index in [4.69, 9.17) is 9.47 Å². The van der Waals surface area contributed by atoms with Crippen molar-refractivity contribution < 1.29 is 9.47 Å². The molecule has 3 heterocycles. The summed E-state index contributed by atoms with van der Waals surface area (Å²) in [5.41, 5.74) is 1.36. The molecule has 0 radical (unpaired) electrons. The Labute approximate surface area is 145 Å². The molecular weight excluding hydrogens is 322 g/mol. The zero-order valence-electron chi connectivity index (χ0n) is 14.4. The number of hydrogen-bond donors (Lipinski definition) is 0. The number of benzene rings is 1. The molecule has 0 bridgehead atoms. The first-order valence-electron chi connectivity index (χ1n) is 8.44. The van der Waals surface area contributed by atoms with Crippen molar-refractivity contribution in [1.82, 2.24) is 14.0 Å². The zero-order chi connectivity index (χ0) is 17.6. The largest absolute Gasteiger partial charge is 0.454 e. The fourth-order valence-electron chi connectivity index (χ4n) is 3.65. The third-order valence-corrected chi connectivity index (χ3v) is 5.14. The third-order valence-electron chi connectivity index (χ3n) is 5.14. The van der Waals surface area contributed by atoms with Gasteiger partial charge in [-0.05, 0) is 37.1 Å². The lowest BCUT2D eigenvalue weighted by Crippen LogP contribution is -2.39. The van der Waals surface area contributed by atoms with Gasteiger partial charge in [-0.15, -0.1) is 0 Å². The van der Waals surface area contributed by atoms with Gasteiger partial charge in [0.1, 0.15) is 0 Å². The SMILES string of the molecule is Cn1c(CN2CCC[C@H]2c2ccc3c(c2)OCO3)cc(=O)n(C)c1=O. The van der Waals surface area contributed by atoms with E-state index < -0.39 is 0 Å². The van der Waals surface area contributed by atoms with Gasteiger partial charge in [-0.1, -0.05) is 6.07 Å². The van der Waals surface area contributed by atoms with Crippen molar-refractivity contribution >= 4 is 0 Å². The van der Waals surface area contributed by atoms with Crippen LogP contribution in [0.25, 0.3) is 0 Å². The summed E-state index contributed by atoms with van der Waals surface area (Å²) in [6.07, 6.45) is 2.12. The first kappa shape index (κ1) is 16.0. The summed E-state index contributed by atoms with van der Waals surface area (Å²) in [5.74, 6) is 1.56. The van der Waals surface area contributed by atoms with E-state index in [1.165, 1.54) is 12.6 Å². The number of fused-ring (bicyclic) bond motifs is 1. The van der Waals surface area contributed by atoms with Gasteiger partial charge in [-0.3, -0.25) is 18.8 Å². The van der Waals surface area contributed by atoms with E-state index in [0.717, 1.165) is 41.1 Å². The molecule has 1 aromatic heterocycles. The third kappa shape index (κ3) is 2.74. The maximum absolute atomic E-state index is 12.1. The summed E-state index contributed by atoms with van der Waals surface area (Å²) in [5, 5.41) is 0. The molecule has 1 atom stereocenters. The Hall–Kier alpha value is -2.54. The van der Waals surface area contributed by atoms with Crippen molar-refractivity contribution in [1.29, 1.82) is 0 Å². The van der Waals surface area contributed by atoms with Gasteiger partial charge in [0.25, 0.3) is 5.56 Å². The number of aromatic nitrogens is 2. The van der Waals surface area contributed by atoms with Gasteiger partial charge in [0, 0.05) is 38.4 Å². The van der Waals surface area contributed by atoms with Crippen molar-refractivity contribution in [3.8, 4) is 11.5 Å². The second kappa shape index (κ2) is 6.07. The van der Waals surface area contributed by atoms with E-state index in [-0.39, 0.29) is 24.1 Å². The Morgan fingerprint density at radius 2 is 1.88 bits per heavy atom. The van der Waals surface area contributed by atoms with Gasteiger partial charge in [-0.2, -0.15) is 0 Å². The molecule has 2 aliphatic rings. The van der Waals surface area contributed by atoms with E-state index in [1.54, 1.807) is 17.7 Å². The van der Waals surface area contributed by atoms with Crippen LogP contribution in [0.2, 0.25) is 0 Å². The fourth-order valence-corrected chi connectivity index (χ4v) is 3.65. The topological polar surface area (TPSA) is 65.7 Å². The molecule has 1 fully saturated rings. The summed E-state index contributed by atoms with van der Waals surface area (Å²) < 4.78 is 13.5. The molecule has 25 heavy (non-hydrogen) atoms. The second-order valence-corrected chi connectivity index (χ2v) is 6.62. The molecule has 0 aliphatic carbocycles. The smallest absolute Gasteiger partial charge is 0.330 e. The van der Waals surface area contributed by atoms with Crippen LogP contribution in [-0.4, -0.2) is 27.4 Å². The predicted octanol–water partition coefficient (Wildman–Crippen LogP) is 1.15. The van der Waals surface area contributed by atoms with Gasteiger partial charge < -0.3 is 9.47 Å². The summed E-state index contributed by atoms with van der Waals surface area (Å²) in [6, 6.07) is 7.85. The van der Waals surface area contributed by atoms with E-state index >= 15 is 0 Å². The minimum Gasteiger partial charge on any atom is -0.454 e. The highest BCUT2D eigenvalue weighted by Crippen LogP contribution is 2.39. The van der Waals surface area contributed by atoms with Crippen LogP contribution in [0.1, 0.15) is 30.1 Å². The zero-order valence-corrected chi connectivity index (χ0v) is 14.4. The molecule has 132 valence electrons. The maximum atomic E-state index is 12.1. The van der Waals surface area contributed by atoms with Crippen LogP contribution in [0.4, 0.5) is 0 Å². The quantitative estimate of drug-likeness (QED) is 0.836. The Bertz CT molecular complexity index is 931. The van der Waals surface area contributed by atoms with Crippen LogP contribution in [0.3, 0.4) is 0 Å². The second-order valence-electron chi connectivity index (χ2n) is 6.62. The van der Waals surface area contributed by atoms with E-state index in [1.807, 2.05) is 12.1 Å². The van der Waals surface area contributed by atoms with Crippen molar-refractivity contribution in [3.63, 3.8) is 0 Å². The van der Waals surface area contributed by atoms with Gasteiger partial charge in [-0.25, -0.2) is 4.79 Å². The Morgan fingerprint density at radius 3 is 2.72 bits per heavy atom. The minimum atomic E-state index is -0.290. The van der Waals surface area contributed by atoms with Crippen molar-refractivity contribution in [2.45, 2.75) is 25.4 Å². The molecule has 2 aromatic rings. The van der Waals surface area contributed by atoms with Crippen LogP contribution in [-0.2, 0) is 20.6 Å². The Morgan fingerprint density at radius 1 is 1.08 bits per heavy atom. The summed E-state index contributed by atoms with van der Waals surface area (Å²) >= 11 is 0. The summed E-state index contributed by atoms with van der Waals surface area (Å²) in [7, 11) is 3.21. The van der Waals surface area contributed by atoms with Crippen LogP contribution >= 0.6 is 0 Å². The molecular formula is C18H21N3O4. The molecule has 2 aliphatic heterocycles. The molecule has 0 saturated carbocycles. The van der Waals surface area contributed by atoms with Crippen molar-refractivity contribution in [3.05, 3.63) is 56.4 Å². The van der Waals surface area contributed by atoms with Crippen LogP contribution in [0.15, 0.2) is 33.9 Å². The van der Waals surface area contributed by atoms with E-state index in [2.05, 4.69) is 11.0 Å². The molecule has 1 saturated heterocycles. The highest BCUT2D eigenvalue weighted by Gasteiger charge is 2.28. The van der Waals surface area contributed by atoms with Gasteiger partial charge in [0.2, 0.25) is 6.79 Å². The number of rotatable bonds is 3. The van der Waals surface area contributed by atoms with Gasteiger partial charge in [0.15, 0.2) is 11.5 Å². The number of ether oxygens (including phenoxy) is 2. The average molecular weight is 343 g/mol. The molecule has 4 rings (SSSR count). The van der Waals surface area contributed by atoms with E-state index in [9.17, 15) is 9.59 Å². The number of likely N-dealkylation sites (tertiary alicyclic amines) is 1. The first-order valence-corrected chi connectivity index (χ1v) is 8.44. The van der Waals surface area contributed by atoms with Crippen LogP contribution in [0, 0.1) is 0 Å². The lowest BCUT2D eigenvalue weighted by atomic mass is 10.0. The number of hydrogen-bond acceptors (Lipinski definition) is 5. The van der Waals surface area contributed by atoms with Crippen molar-refractivity contribution in [2.24, 2.45) is 14.1 Å². The molecule has 7 nitrogen and oxygen atoms in total. The first-order chi connectivity index (χ1) is 12.0. The Balaban J connectivity index is 1.63. The monoisotopic (exact) mass is 343 g/mol. The Kier molecular flexibility index (Phi) is 3.88. The standard InChI is InChI=1S/C18H21N3O4/c1-19-13(9-17(22)20(2)18(19)23)10-21-7-3-4-14(21)12-5-6-15-16(8-12)25-11-24-15/h5-6,8-9,14H,3-4,7,10-11H2,1-2H3/t14-/m0/s1. The summed E-state index contributed by atoms with van der Waals surface area (Å²) in [6.45, 7) is 1.77. The molecule has 0 amide bonds. The van der Waals surface area contributed by atoms with Crippen LogP contribution in [0.5, 0.6) is 11.5 Å². The highest BCUT2D eigenvalue weighted by atomic mass is 16.7. The molecule has 0 N–H and O–H groups in total. The lowest BCUT2D eigenvalue weighted by Gasteiger charge is -2.25.